The average molecular weight is 281 g/mol. The first-order valence-electron chi connectivity index (χ1n) is 6.56. The first-order chi connectivity index (χ1) is 9.47. The number of hydrogen-bond acceptors (Lipinski definition) is 7. The third-order valence-corrected chi connectivity index (χ3v) is 3.23. The summed E-state index contributed by atoms with van der Waals surface area (Å²) in [7, 11) is 0. The van der Waals surface area contributed by atoms with E-state index in [1.54, 1.807) is 0 Å². The summed E-state index contributed by atoms with van der Waals surface area (Å²) in [6.45, 7) is 7.98. The summed E-state index contributed by atoms with van der Waals surface area (Å²) in [6, 6.07) is 0. The molecule has 1 fully saturated rings. The molecule has 2 rings (SSSR count). The van der Waals surface area contributed by atoms with Gasteiger partial charge in [0.1, 0.15) is 6.33 Å². The lowest BCUT2D eigenvalue weighted by Gasteiger charge is -2.42. The molecule has 0 aromatic carbocycles. The van der Waals surface area contributed by atoms with E-state index in [0.29, 0.717) is 32.1 Å². The van der Waals surface area contributed by atoms with Crippen molar-refractivity contribution in [2.75, 3.05) is 36.5 Å². The second kappa shape index (κ2) is 5.58. The highest BCUT2D eigenvalue weighted by atomic mass is 16.6. The van der Waals surface area contributed by atoms with Crippen LogP contribution in [0.15, 0.2) is 6.33 Å². The van der Waals surface area contributed by atoms with Gasteiger partial charge in [0, 0.05) is 13.1 Å². The summed E-state index contributed by atoms with van der Waals surface area (Å²) < 4.78 is 5.44. The van der Waals surface area contributed by atoms with Crippen LogP contribution in [0.3, 0.4) is 0 Å². The second-order valence-corrected chi connectivity index (χ2v) is 5.20. The normalized spacial score (nSPS) is 17.9. The molecule has 0 amide bonds. The molecule has 1 aromatic heterocycles. The molecule has 1 aromatic rings. The van der Waals surface area contributed by atoms with Crippen molar-refractivity contribution in [3.8, 4) is 0 Å². The Labute approximate surface area is 117 Å². The number of ether oxygens (including phenoxy) is 1. The zero-order valence-corrected chi connectivity index (χ0v) is 11.9. The zero-order valence-electron chi connectivity index (χ0n) is 11.9. The van der Waals surface area contributed by atoms with Crippen LogP contribution < -0.4 is 10.2 Å². The molecule has 0 radical (unpaired) electrons. The lowest BCUT2D eigenvalue weighted by Crippen LogP contribution is -2.53. The molecule has 1 aliphatic rings. The van der Waals surface area contributed by atoms with Gasteiger partial charge in [-0.3, -0.25) is 10.1 Å². The van der Waals surface area contributed by atoms with Crippen LogP contribution in [0.5, 0.6) is 0 Å². The first kappa shape index (κ1) is 14.4. The number of rotatable bonds is 4. The van der Waals surface area contributed by atoms with Gasteiger partial charge in [-0.25, -0.2) is 9.97 Å². The Morgan fingerprint density at radius 2 is 2.30 bits per heavy atom. The molecule has 110 valence electrons. The van der Waals surface area contributed by atoms with Crippen molar-refractivity contribution in [2.24, 2.45) is 0 Å². The molecular weight excluding hydrogens is 262 g/mol. The number of morpholine rings is 1. The van der Waals surface area contributed by atoms with E-state index in [2.05, 4.69) is 15.3 Å². The van der Waals surface area contributed by atoms with E-state index in [4.69, 9.17) is 4.74 Å². The highest BCUT2D eigenvalue weighted by molar-refractivity contribution is 5.71. The van der Waals surface area contributed by atoms with Crippen molar-refractivity contribution >= 4 is 17.3 Å². The van der Waals surface area contributed by atoms with Crippen molar-refractivity contribution in [2.45, 2.75) is 26.3 Å². The number of anilines is 2. The summed E-state index contributed by atoms with van der Waals surface area (Å²) in [5.74, 6) is 0.596. The molecule has 0 bridgehead atoms. The van der Waals surface area contributed by atoms with Crippen LogP contribution in [-0.2, 0) is 4.74 Å². The van der Waals surface area contributed by atoms with Gasteiger partial charge < -0.3 is 15.0 Å². The number of hydrogen-bond donors (Lipinski definition) is 1. The fourth-order valence-electron chi connectivity index (χ4n) is 2.28. The summed E-state index contributed by atoms with van der Waals surface area (Å²) in [6.07, 6.45) is 1.35. The molecule has 1 saturated heterocycles. The van der Waals surface area contributed by atoms with Gasteiger partial charge >= 0.3 is 5.69 Å². The van der Waals surface area contributed by atoms with Crippen LogP contribution in [-0.4, -0.2) is 46.7 Å². The lowest BCUT2D eigenvalue weighted by molar-refractivity contribution is -0.383. The molecule has 2 heterocycles. The number of nitro groups is 1. The summed E-state index contributed by atoms with van der Waals surface area (Å²) in [5.41, 5.74) is -0.426. The molecule has 1 aliphatic heterocycles. The Morgan fingerprint density at radius 1 is 1.55 bits per heavy atom. The highest BCUT2D eigenvalue weighted by Crippen LogP contribution is 2.36. The van der Waals surface area contributed by atoms with Gasteiger partial charge in [-0.2, -0.15) is 0 Å². The smallest absolute Gasteiger partial charge is 0.353 e. The SMILES string of the molecule is CCNc1ncnc(N2CCOCC2(C)C)c1[N+](=O)[O-]. The van der Waals surface area contributed by atoms with Crippen molar-refractivity contribution in [3.05, 3.63) is 16.4 Å². The van der Waals surface area contributed by atoms with Crippen LogP contribution in [0, 0.1) is 10.1 Å². The van der Waals surface area contributed by atoms with Gasteiger partial charge in [-0.15, -0.1) is 0 Å². The summed E-state index contributed by atoms with van der Waals surface area (Å²) in [5, 5.41) is 14.3. The van der Waals surface area contributed by atoms with Gasteiger partial charge in [-0.05, 0) is 20.8 Å². The fraction of sp³-hybridized carbons (Fsp3) is 0.667. The predicted molar refractivity (Wildman–Crippen MR) is 75.1 cm³/mol. The largest absolute Gasteiger partial charge is 0.377 e. The lowest BCUT2D eigenvalue weighted by atomic mass is 10.0. The van der Waals surface area contributed by atoms with Crippen molar-refractivity contribution < 1.29 is 9.66 Å². The molecule has 0 atom stereocenters. The maximum absolute atomic E-state index is 11.4. The Kier molecular flexibility index (Phi) is 4.03. The van der Waals surface area contributed by atoms with E-state index in [9.17, 15) is 10.1 Å². The Hall–Kier alpha value is -1.96. The maximum atomic E-state index is 11.4. The standard InChI is InChI=1S/C12H19N5O3/c1-4-13-10-9(17(18)19)11(15-8-14-10)16-5-6-20-7-12(16,2)3/h8H,4-7H2,1-3H3,(H,13,14,15). The van der Waals surface area contributed by atoms with Crippen molar-refractivity contribution in [1.29, 1.82) is 0 Å². The topological polar surface area (TPSA) is 93.4 Å². The first-order valence-corrected chi connectivity index (χ1v) is 6.56. The van der Waals surface area contributed by atoms with E-state index in [1.165, 1.54) is 6.33 Å². The van der Waals surface area contributed by atoms with E-state index in [0.717, 1.165) is 0 Å². The maximum Gasteiger partial charge on any atom is 0.353 e. The minimum absolute atomic E-state index is 0.0793. The average Bonchev–Trinajstić information content (AvgIpc) is 2.38. The van der Waals surface area contributed by atoms with E-state index < -0.39 is 4.92 Å². The van der Waals surface area contributed by atoms with E-state index in [-0.39, 0.29) is 17.0 Å². The van der Waals surface area contributed by atoms with Crippen LogP contribution in [0.1, 0.15) is 20.8 Å². The van der Waals surface area contributed by atoms with Crippen molar-refractivity contribution in [3.63, 3.8) is 0 Å². The van der Waals surface area contributed by atoms with E-state index in [1.807, 2.05) is 25.7 Å². The van der Waals surface area contributed by atoms with Gasteiger partial charge in [0.2, 0.25) is 11.6 Å². The Balaban J connectivity index is 2.50. The third kappa shape index (κ3) is 2.64. The van der Waals surface area contributed by atoms with Gasteiger partial charge in [0.15, 0.2) is 0 Å². The molecule has 20 heavy (non-hydrogen) atoms. The highest BCUT2D eigenvalue weighted by Gasteiger charge is 2.37. The molecule has 8 heteroatoms. The molecule has 0 aliphatic carbocycles. The minimum Gasteiger partial charge on any atom is -0.377 e. The third-order valence-electron chi connectivity index (χ3n) is 3.23. The predicted octanol–water partition coefficient (Wildman–Crippen LogP) is 1.43. The second-order valence-electron chi connectivity index (χ2n) is 5.20. The van der Waals surface area contributed by atoms with Crippen LogP contribution in [0.2, 0.25) is 0 Å². The minimum atomic E-state index is -0.432. The van der Waals surface area contributed by atoms with Crippen LogP contribution >= 0.6 is 0 Å². The monoisotopic (exact) mass is 281 g/mol. The van der Waals surface area contributed by atoms with Gasteiger partial charge in [-0.1, -0.05) is 0 Å². The van der Waals surface area contributed by atoms with Crippen molar-refractivity contribution in [1.82, 2.24) is 9.97 Å². The molecule has 0 saturated carbocycles. The molecule has 8 nitrogen and oxygen atoms in total. The zero-order chi connectivity index (χ0) is 14.8. The molecule has 0 unspecified atom stereocenters. The molecule has 1 N–H and O–H groups in total. The van der Waals surface area contributed by atoms with Gasteiger partial charge in [0.25, 0.3) is 0 Å². The number of nitrogens with zero attached hydrogens (tertiary/aromatic N) is 4. The quantitative estimate of drug-likeness (QED) is 0.659. The Bertz CT molecular complexity index is 506. The van der Waals surface area contributed by atoms with Gasteiger partial charge in [0.05, 0.1) is 23.7 Å². The summed E-state index contributed by atoms with van der Waals surface area (Å²) in [4.78, 5) is 21.0. The number of nitrogens with one attached hydrogen (secondary N) is 1. The molecular formula is C12H19N5O3. The van der Waals surface area contributed by atoms with E-state index >= 15 is 0 Å². The summed E-state index contributed by atoms with van der Waals surface area (Å²) >= 11 is 0. The molecule has 0 spiro atoms. The fourth-order valence-corrected chi connectivity index (χ4v) is 2.28. The number of aromatic nitrogens is 2. The van der Waals surface area contributed by atoms with Crippen LogP contribution in [0.25, 0.3) is 0 Å². The Morgan fingerprint density at radius 3 is 2.90 bits per heavy atom. The van der Waals surface area contributed by atoms with Crippen LogP contribution in [0.4, 0.5) is 17.3 Å².